The zero-order valence-corrected chi connectivity index (χ0v) is 12.1. The number of oxazole rings is 1. The van der Waals surface area contributed by atoms with Gasteiger partial charge in [0.15, 0.2) is 5.58 Å². The number of carbonyl (C=O) groups is 1. The van der Waals surface area contributed by atoms with Gasteiger partial charge in [0.1, 0.15) is 0 Å². The van der Waals surface area contributed by atoms with Crippen LogP contribution >= 0.6 is 0 Å². The smallest absolute Gasteiger partial charge is 0.408 e. The Morgan fingerprint density at radius 2 is 2.24 bits per heavy atom. The van der Waals surface area contributed by atoms with Gasteiger partial charge in [-0.1, -0.05) is 6.07 Å². The molecule has 1 atom stereocenters. The lowest BCUT2D eigenvalue weighted by atomic mass is 9.93. The van der Waals surface area contributed by atoms with Gasteiger partial charge in [-0.15, -0.1) is 0 Å². The zero-order chi connectivity index (χ0) is 15.0. The highest BCUT2D eigenvalue weighted by Crippen LogP contribution is 2.24. The molecule has 2 heterocycles. The monoisotopic (exact) mass is 290 g/mol. The Kier molecular flexibility index (Phi) is 3.33. The molecule has 1 fully saturated rings. The third-order valence-electron chi connectivity index (χ3n) is 3.73. The number of hydrogen-bond donors (Lipinski definition) is 2. The van der Waals surface area contributed by atoms with Crippen molar-refractivity contribution in [2.45, 2.75) is 38.3 Å². The Hall–Kier alpha value is -2.08. The second-order valence-electron chi connectivity index (χ2n) is 5.96. The van der Waals surface area contributed by atoms with Crippen LogP contribution in [0, 0.1) is 0 Å². The number of nitrogens with one attached hydrogen (secondary N) is 2. The van der Waals surface area contributed by atoms with Crippen molar-refractivity contribution in [2.24, 2.45) is 0 Å². The van der Waals surface area contributed by atoms with E-state index in [4.69, 9.17) is 9.15 Å². The van der Waals surface area contributed by atoms with Gasteiger partial charge >= 0.3 is 5.76 Å². The molecule has 0 aliphatic carbocycles. The van der Waals surface area contributed by atoms with E-state index in [2.05, 4.69) is 10.3 Å². The second-order valence-corrected chi connectivity index (χ2v) is 5.96. The first-order chi connectivity index (χ1) is 9.94. The third-order valence-corrected chi connectivity index (χ3v) is 3.73. The molecule has 6 heteroatoms. The van der Waals surface area contributed by atoms with Crippen LogP contribution in [0.15, 0.2) is 27.4 Å². The quantitative estimate of drug-likeness (QED) is 0.883. The Labute approximate surface area is 121 Å². The summed E-state index contributed by atoms with van der Waals surface area (Å²) >= 11 is 0. The van der Waals surface area contributed by atoms with Crippen LogP contribution in [-0.4, -0.2) is 29.1 Å². The first kappa shape index (κ1) is 13.9. The highest BCUT2D eigenvalue weighted by molar-refractivity contribution is 6.04. The fourth-order valence-corrected chi connectivity index (χ4v) is 2.78. The molecule has 0 unspecified atom stereocenters. The summed E-state index contributed by atoms with van der Waals surface area (Å²) in [6, 6.07) is 5.09. The Morgan fingerprint density at radius 1 is 1.43 bits per heavy atom. The van der Waals surface area contributed by atoms with Gasteiger partial charge in [-0.3, -0.25) is 9.78 Å². The maximum absolute atomic E-state index is 12.4. The number of rotatable bonds is 2. The molecule has 3 rings (SSSR count). The number of H-pyrrole nitrogens is 1. The van der Waals surface area contributed by atoms with E-state index in [1.165, 1.54) is 0 Å². The first-order valence-electron chi connectivity index (χ1n) is 7.01. The number of ether oxygens (including phenoxy) is 1. The molecule has 1 saturated heterocycles. The van der Waals surface area contributed by atoms with Crippen LogP contribution in [0.2, 0.25) is 0 Å². The molecule has 0 bridgehead atoms. The van der Waals surface area contributed by atoms with Crippen molar-refractivity contribution < 1.29 is 13.9 Å². The molecule has 112 valence electrons. The summed E-state index contributed by atoms with van der Waals surface area (Å²) in [5.41, 5.74) is 1.01. The number of fused-ring (bicyclic) bond motifs is 1. The molecule has 6 nitrogen and oxygen atoms in total. The lowest BCUT2D eigenvalue weighted by Gasteiger charge is -2.35. The molecular weight excluding hydrogens is 272 g/mol. The van der Waals surface area contributed by atoms with E-state index in [-0.39, 0.29) is 17.6 Å². The summed E-state index contributed by atoms with van der Waals surface area (Å²) < 4.78 is 10.6. The number of carbonyl (C=O) groups excluding carboxylic acids is 1. The van der Waals surface area contributed by atoms with Crippen molar-refractivity contribution in [1.29, 1.82) is 0 Å². The van der Waals surface area contributed by atoms with Gasteiger partial charge < -0.3 is 14.5 Å². The normalized spacial score (nSPS) is 21.3. The average molecular weight is 290 g/mol. The minimum Gasteiger partial charge on any atom is -0.408 e. The van der Waals surface area contributed by atoms with Crippen molar-refractivity contribution in [3.63, 3.8) is 0 Å². The van der Waals surface area contributed by atoms with E-state index < -0.39 is 5.76 Å². The predicted octanol–water partition coefficient (Wildman–Crippen LogP) is 1.81. The lowest BCUT2D eigenvalue weighted by Crippen LogP contribution is -2.45. The van der Waals surface area contributed by atoms with E-state index in [9.17, 15) is 9.59 Å². The summed E-state index contributed by atoms with van der Waals surface area (Å²) in [5, 5.41) is 3.01. The Morgan fingerprint density at radius 3 is 3.00 bits per heavy atom. The number of amides is 1. The minimum atomic E-state index is -0.558. The molecule has 21 heavy (non-hydrogen) atoms. The molecule has 1 aromatic carbocycles. The van der Waals surface area contributed by atoms with Gasteiger partial charge in [0.2, 0.25) is 0 Å². The number of para-hydroxylation sites is 1. The second kappa shape index (κ2) is 5.04. The van der Waals surface area contributed by atoms with Gasteiger partial charge in [0.05, 0.1) is 16.7 Å². The molecule has 0 saturated carbocycles. The van der Waals surface area contributed by atoms with Gasteiger partial charge in [0, 0.05) is 12.6 Å². The summed E-state index contributed by atoms with van der Waals surface area (Å²) in [7, 11) is 0. The van der Waals surface area contributed by atoms with Crippen LogP contribution < -0.4 is 11.1 Å². The van der Waals surface area contributed by atoms with Crippen LogP contribution in [0.1, 0.15) is 37.0 Å². The van der Waals surface area contributed by atoms with Crippen molar-refractivity contribution in [3.05, 3.63) is 34.3 Å². The molecule has 1 aliphatic heterocycles. The minimum absolute atomic E-state index is 0.0649. The molecule has 0 radical (unpaired) electrons. The van der Waals surface area contributed by atoms with Crippen molar-refractivity contribution in [1.82, 2.24) is 10.3 Å². The van der Waals surface area contributed by atoms with Crippen molar-refractivity contribution >= 4 is 17.0 Å². The summed E-state index contributed by atoms with van der Waals surface area (Å²) in [4.78, 5) is 26.3. The highest BCUT2D eigenvalue weighted by Gasteiger charge is 2.30. The van der Waals surface area contributed by atoms with E-state index in [1.807, 2.05) is 13.8 Å². The van der Waals surface area contributed by atoms with E-state index in [0.29, 0.717) is 23.3 Å². The highest BCUT2D eigenvalue weighted by atomic mass is 16.5. The van der Waals surface area contributed by atoms with Crippen LogP contribution in [0.3, 0.4) is 0 Å². The molecule has 1 aromatic heterocycles. The van der Waals surface area contributed by atoms with Crippen LogP contribution in [0.4, 0.5) is 0 Å². The fraction of sp³-hybridized carbons (Fsp3) is 0.467. The first-order valence-corrected chi connectivity index (χ1v) is 7.01. The topological polar surface area (TPSA) is 84.3 Å². The van der Waals surface area contributed by atoms with Gasteiger partial charge in [-0.25, -0.2) is 4.79 Å². The number of benzene rings is 1. The zero-order valence-electron chi connectivity index (χ0n) is 12.1. The maximum atomic E-state index is 12.4. The van der Waals surface area contributed by atoms with Crippen molar-refractivity contribution in [3.8, 4) is 0 Å². The van der Waals surface area contributed by atoms with E-state index in [1.54, 1.807) is 18.2 Å². The summed E-state index contributed by atoms with van der Waals surface area (Å²) in [6.45, 7) is 4.66. The van der Waals surface area contributed by atoms with Crippen LogP contribution in [0.25, 0.3) is 11.1 Å². The Bertz CT molecular complexity index is 729. The average Bonchev–Trinajstić information content (AvgIpc) is 2.77. The van der Waals surface area contributed by atoms with Gasteiger partial charge in [0.25, 0.3) is 5.91 Å². The Balaban J connectivity index is 1.82. The predicted molar refractivity (Wildman–Crippen MR) is 77.4 cm³/mol. The van der Waals surface area contributed by atoms with Gasteiger partial charge in [-0.2, -0.15) is 0 Å². The lowest BCUT2D eigenvalue weighted by molar-refractivity contribution is -0.0615. The van der Waals surface area contributed by atoms with Crippen molar-refractivity contribution in [2.75, 3.05) is 6.61 Å². The maximum Gasteiger partial charge on any atom is 0.417 e. The van der Waals surface area contributed by atoms with E-state index in [0.717, 1.165) is 12.8 Å². The molecule has 2 N–H and O–H groups in total. The summed E-state index contributed by atoms with van der Waals surface area (Å²) in [5.74, 6) is -0.766. The molecular formula is C15H18N2O4. The van der Waals surface area contributed by atoms with E-state index >= 15 is 0 Å². The standard InChI is InChI=1S/C15H18N2O4/c1-15(2)8-9(6-7-20-15)16-13(18)10-4-3-5-11-12(10)17-14(19)21-11/h3-5,9H,6-8H2,1-2H3,(H,16,18)(H,17,19)/t9-/m0/s1. The molecule has 0 spiro atoms. The molecule has 1 amide bonds. The SMILES string of the molecule is CC1(C)C[C@@H](NC(=O)c2cccc3oc(=O)[nH]c23)CCO1. The number of hydrogen-bond acceptors (Lipinski definition) is 4. The summed E-state index contributed by atoms with van der Waals surface area (Å²) in [6.07, 6.45) is 1.55. The fourth-order valence-electron chi connectivity index (χ4n) is 2.78. The largest absolute Gasteiger partial charge is 0.417 e. The number of aromatic nitrogens is 1. The third kappa shape index (κ3) is 2.85. The molecule has 2 aromatic rings. The van der Waals surface area contributed by atoms with Gasteiger partial charge in [-0.05, 0) is 38.8 Å². The number of aromatic amines is 1. The van der Waals surface area contributed by atoms with Crippen LogP contribution in [-0.2, 0) is 4.74 Å². The molecule has 1 aliphatic rings. The van der Waals surface area contributed by atoms with Crippen LogP contribution in [0.5, 0.6) is 0 Å².